The molecule has 0 amide bonds. The molecule has 0 fully saturated rings. The third-order valence-corrected chi connectivity index (χ3v) is 7.90. The molecule has 0 saturated carbocycles. The molecule has 2 nitrogen and oxygen atoms in total. The van der Waals surface area contributed by atoms with Gasteiger partial charge < -0.3 is 9.76 Å². The standard InChI is InChI=1S/C34H30BO2/c1-33(2,36)34(3,4)37-35-28-21-27(22-13-7-5-8-14-22)31-25-19-11-17-23-18-12-20-26(29(23)25)32(31)30(28)24-15-9-6-10-16-24/h5-21,36H,1-4H3. The molecular weight excluding hydrogens is 451 g/mol. The van der Waals surface area contributed by atoms with Crippen molar-refractivity contribution in [2.75, 3.05) is 0 Å². The fourth-order valence-electron chi connectivity index (χ4n) is 5.22. The molecule has 1 aliphatic carbocycles. The van der Waals surface area contributed by atoms with Crippen molar-refractivity contribution >= 4 is 23.7 Å². The van der Waals surface area contributed by atoms with E-state index in [9.17, 15) is 5.11 Å². The molecule has 1 radical (unpaired) electrons. The quantitative estimate of drug-likeness (QED) is 0.248. The van der Waals surface area contributed by atoms with Crippen LogP contribution in [0.25, 0.3) is 55.3 Å². The van der Waals surface area contributed by atoms with Gasteiger partial charge in [0.05, 0.1) is 11.2 Å². The van der Waals surface area contributed by atoms with E-state index in [0.29, 0.717) is 0 Å². The van der Waals surface area contributed by atoms with E-state index in [1.165, 1.54) is 44.2 Å². The molecule has 0 saturated heterocycles. The predicted octanol–water partition coefficient (Wildman–Crippen LogP) is 7.63. The highest BCUT2D eigenvalue weighted by Crippen LogP contribution is 2.53. The first-order chi connectivity index (χ1) is 17.8. The number of aliphatic hydroxyl groups is 1. The largest absolute Gasteiger partial charge is 0.427 e. The van der Waals surface area contributed by atoms with Crippen molar-refractivity contribution in [2.24, 2.45) is 0 Å². The molecular formula is C34H30BO2. The molecule has 6 rings (SSSR count). The molecule has 0 aliphatic heterocycles. The van der Waals surface area contributed by atoms with Crippen molar-refractivity contribution in [3.8, 4) is 44.5 Å². The Hall–Kier alpha value is -3.66. The monoisotopic (exact) mass is 481 g/mol. The summed E-state index contributed by atoms with van der Waals surface area (Å²) >= 11 is 0. The minimum absolute atomic E-state index is 0.782. The number of benzene rings is 5. The molecule has 0 atom stereocenters. The maximum absolute atomic E-state index is 10.8. The molecule has 3 heteroatoms. The Morgan fingerprint density at radius 3 is 1.76 bits per heavy atom. The summed E-state index contributed by atoms with van der Waals surface area (Å²) in [6, 6.07) is 36.6. The Kier molecular flexibility index (Phi) is 5.60. The van der Waals surface area contributed by atoms with Crippen molar-refractivity contribution in [3.05, 3.63) is 103 Å². The maximum Gasteiger partial charge on any atom is 0.331 e. The second-order valence-corrected chi connectivity index (χ2v) is 10.9. The average Bonchev–Trinajstić information content (AvgIpc) is 3.23. The van der Waals surface area contributed by atoms with Gasteiger partial charge in [-0.15, -0.1) is 0 Å². The van der Waals surface area contributed by atoms with Gasteiger partial charge in [0.15, 0.2) is 0 Å². The highest BCUT2D eigenvalue weighted by Gasteiger charge is 2.37. The Morgan fingerprint density at radius 1 is 0.595 bits per heavy atom. The molecule has 1 N–H and O–H groups in total. The zero-order valence-electron chi connectivity index (χ0n) is 21.7. The number of hydrogen-bond donors (Lipinski definition) is 1. The van der Waals surface area contributed by atoms with Crippen LogP contribution in [0.15, 0.2) is 103 Å². The van der Waals surface area contributed by atoms with Gasteiger partial charge in [-0.1, -0.05) is 103 Å². The average molecular weight is 481 g/mol. The summed E-state index contributed by atoms with van der Waals surface area (Å²) in [6.07, 6.45) is 0. The summed E-state index contributed by atoms with van der Waals surface area (Å²) in [6.45, 7) is 7.42. The van der Waals surface area contributed by atoms with E-state index in [0.717, 1.165) is 16.6 Å². The topological polar surface area (TPSA) is 29.5 Å². The highest BCUT2D eigenvalue weighted by molar-refractivity contribution is 6.51. The lowest BCUT2D eigenvalue weighted by Gasteiger charge is -2.38. The SMILES string of the molecule is CC(C)(O)C(C)(C)O[B]c1cc(-c2ccccc2)c2c(c1-c1ccccc1)-c1cccc3cccc-2c13. The van der Waals surface area contributed by atoms with Crippen LogP contribution in [0.4, 0.5) is 0 Å². The summed E-state index contributed by atoms with van der Waals surface area (Å²) in [5.74, 6) is 0. The van der Waals surface area contributed by atoms with Gasteiger partial charge >= 0.3 is 7.48 Å². The van der Waals surface area contributed by atoms with Crippen LogP contribution < -0.4 is 5.46 Å². The maximum atomic E-state index is 10.8. The Labute approximate surface area is 219 Å². The van der Waals surface area contributed by atoms with Crippen LogP contribution in [-0.2, 0) is 4.65 Å². The van der Waals surface area contributed by atoms with Gasteiger partial charge in [0.1, 0.15) is 0 Å². The highest BCUT2D eigenvalue weighted by atomic mass is 16.5. The zero-order valence-corrected chi connectivity index (χ0v) is 21.7. The van der Waals surface area contributed by atoms with Crippen LogP contribution in [-0.4, -0.2) is 23.8 Å². The van der Waals surface area contributed by atoms with Gasteiger partial charge in [0, 0.05) is 0 Å². The lowest BCUT2D eigenvalue weighted by Crippen LogP contribution is -2.49. The minimum Gasteiger partial charge on any atom is -0.427 e. The molecule has 5 aromatic rings. The molecule has 0 aromatic heterocycles. The Morgan fingerprint density at radius 2 is 1.16 bits per heavy atom. The summed E-state index contributed by atoms with van der Waals surface area (Å²) in [5, 5.41) is 13.3. The first-order valence-electron chi connectivity index (χ1n) is 12.8. The van der Waals surface area contributed by atoms with E-state index in [2.05, 4.69) is 103 Å². The van der Waals surface area contributed by atoms with Crippen molar-refractivity contribution in [3.63, 3.8) is 0 Å². The third kappa shape index (κ3) is 3.90. The number of hydrogen-bond acceptors (Lipinski definition) is 2. The molecule has 0 bridgehead atoms. The molecule has 0 unspecified atom stereocenters. The van der Waals surface area contributed by atoms with Crippen LogP contribution in [0.3, 0.4) is 0 Å². The summed E-state index contributed by atoms with van der Waals surface area (Å²) in [5.41, 5.74) is 8.82. The van der Waals surface area contributed by atoms with Crippen LogP contribution in [0.2, 0.25) is 0 Å². The molecule has 0 heterocycles. The van der Waals surface area contributed by atoms with E-state index in [-0.39, 0.29) is 0 Å². The van der Waals surface area contributed by atoms with E-state index in [4.69, 9.17) is 4.65 Å². The van der Waals surface area contributed by atoms with E-state index in [1.807, 2.05) is 21.3 Å². The third-order valence-electron chi connectivity index (χ3n) is 7.90. The van der Waals surface area contributed by atoms with E-state index >= 15 is 0 Å². The predicted molar refractivity (Wildman–Crippen MR) is 156 cm³/mol. The van der Waals surface area contributed by atoms with Gasteiger partial charge in [-0.25, -0.2) is 0 Å². The first kappa shape index (κ1) is 23.7. The lowest BCUT2D eigenvalue weighted by molar-refractivity contribution is -0.0893. The normalized spacial score (nSPS) is 12.6. The van der Waals surface area contributed by atoms with Crippen LogP contribution in [0.1, 0.15) is 27.7 Å². The number of rotatable bonds is 6. The zero-order chi connectivity index (χ0) is 25.8. The summed E-state index contributed by atoms with van der Waals surface area (Å²) in [7, 11) is 1.84. The van der Waals surface area contributed by atoms with Crippen molar-refractivity contribution in [1.82, 2.24) is 0 Å². The van der Waals surface area contributed by atoms with Gasteiger partial charge in [-0.2, -0.15) is 0 Å². The second kappa shape index (κ2) is 8.73. The Balaban J connectivity index is 1.69. The van der Waals surface area contributed by atoms with Crippen LogP contribution >= 0.6 is 0 Å². The molecule has 181 valence electrons. The van der Waals surface area contributed by atoms with E-state index < -0.39 is 11.2 Å². The molecule has 5 aromatic carbocycles. The minimum atomic E-state index is -1.02. The van der Waals surface area contributed by atoms with Crippen molar-refractivity contribution < 1.29 is 9.76 Å². The fourth-order valence-corrected chi connectivity index (χ4v) is 5.22. The van der Waals surface area contributed by atoms with Crippen molar-refractivity contribution in [2.45, 2.75) is 38.9 Å². The molecule has 1 aliphatic rings. The van der Waals surface area contributed by atoms with Crippen LogP contribution in [0, 0.1) is 0 Å². The smallest absolute Gasteiger partial charge is 0.331 e. The van der Waals surface area contributed by atoms with Gasteiger partial charge in [-0.3, -0.25) is 0 Å². The second-order valence-electron chi connectivity index (χ2n) is 10.9. The summed E-state index contributed by atoms with van der Waals surface area (Å²) in [4.78, 5) is 0. The fraction of sp³-hybridized carbons (Fsp3) is 0.176. The van der Waals surface area contributed by atoms with E-state index in [1.54, 1.807) is 13.8 Å². The van der Waals surface area contributed by atoms with Gasteiger partial charge in [0.25, 0.3) is 0 Å². The Bertz CT molecular complexity index is 1610. The van der Waals surface area contributed by atoms with Gasteiger partial charge in [0.2, 0.25) is 0 Å². The lowest BCUT2D eigenvalue weighted by atomic mass is 9.73. The number of fused-ring (bicyclic) bond motifs is 3. The first-order valence-corrected chi connectivity index (χ1v) is 12.8. The summed E-state index contributed by atoms with van der Waals surface area (Å²) < 4.78 is 6.37. The molecule has 0 spiro atoms. The van der Waals surface area contributed by atoms with Crippen molar-refractivity contribution in [1.29, 1.82) is 0 Å². The van der Waals surface area contributed by atoms with Gasteiger partial charge in [-0.05, 0) is 88.4 Å². The van der Waals surface area contributed by atoms with Crippen LogP contribution in [0.5, 0.6) is 0 Å². The molecule has 37 heavy (non-hydrogen) atoms.